The minimum absolute atomic E-state index is 0.0773. The minimum Gasteiger partial charge on any atom is -0.500 e. The summed E-state index contributed by atoms with van der Waals surface area (Å²) in [6.45, 7) is 2.53. The molecule has 0 atom stereocenters. The number of thiocarbonyl (C=S) groups is 1. The number of phenolic OH excluding ortho intramolecular Hbond substituents is 1. The van der Waals surface area contributed by atoms with Gasteiger partial charge >= 0.3 is 11.7 Å². The Balaban J connectivity index is 2.12. The summed E-state index contributed by atoms with van der Waals surface area (Å²) in [6.07, 6.45) is 2.77. The molecule has 1 aliphatic heterocycles. The van der Waals surface area contributed by atoms with Gasteiger partial charge in [-0.1, -0.05) is 30.9 Å². The molecule has 0 radical (unpaired) electrons. The first-order valence-electron chi connectivity index (χ1n) is 8.74. The SMILES string of the molecule is CCCOC(=O)CCCN1C(=O)/C(=C/c2cc(OC)c(O)c([N+](=O)[O-])c2)SC1=S. The summed E-state index contributed by atoms with van der Waals surface area (Å²) in [7, 11) is 1.27. The molecule has 0 saturated carbocycles. The number of nitrogens with zero attached hydrogens (tertiary/aromatic N) is 2. The first-order chi connectivity index (χ1) is 13.8. The molecule has 0 bridgehead atoms. The number of amides is 1. The Morgan fingerprint density at radius 2 is 2.17 bits per heavy atom. The molecule has 0 aromatic heterocycles. The lowest BCUT2D eigenvalue weighted by Crippen LogP contribution is -2.29. The number of rotatable bonds is 9. The Morgan fingerprint density at radius 3 is 2.79 bits per heavy atom. The molecular weight excluding hydrogens is 420 g/mol. The van der Waals surface area contributed by atoms with Crippen LogP contribution in [0.2, 0.25) is 0 Å². The van der Waals surface area contributed by atoms with E-state index in [1.807, 2.05) is 6.92 Å². The van der Waals surface area contributed by atoms with Crippen molar-refractivity contribution in [2.45, 2.75) is 26.2 Å². The van der Waals surface area contributed by atoms with Gasteiger partial charge in [-0.2, -0.15) is 0 Å². The van der Waals surface area contributed by atoms with Crippen molar-refractivity contribution in [1.29, 1.82) is 0 Å². The van der Waals surface area contributed by atoms with Crippen LogP contribution in [0.1, 0.15) is 31.7 Å². The number of nitro benzene ring substituents is 1. The third kappa shape index (κ3) is 5.67. The zero-order valence-corrected chi connectivity index (χ0v) is 17.5. The Hall–Kier alpha value is -2.66. The number of carbonyl (C=O) groups excluding carboxylic acids is 2. The fraction of sp³-hybridized carbons (Fsp3) is 0.389. The van der Waals surface area contributed by atoms with Crippen LogP contribution >= 0.6 is 24.0 Å². The summed E-state index contributed by atoms with van der Waals surface area (Å²) in [5.74, 6) is -1.34. The average Bonchev–Trinajstić information content (AvgIpc) is 2.94. The van der Waals surface area contributed by atoms with E-state index in [-0.39, 0.29) is 35.5 Å². The number of carbonyl (C=O) groups is 2. The van der Waals surface area contributed by atoms with E-state index in [0.717, 1.165) is 24.2 Å². The smallest absolute Gasteiger partial charge is 0.315 e. The highest BCUT2D eigenvalue weighted by Gasteiger charge is 2.32. The van der Waals surface area contributed by atoms with Crippen molar-refractivity contribution < 1.29 is 29.1 Å². The Labute approximate surface area is 176 Å². The maximum absolute atomic E-state index is 12.6. The van der Waals surface area contributed by atoms with Gasteiger partial charge in [0.2, 0.25) is 5.75 Å². The highest BCUT2D eigenvalue weighted by molar-refractivity contribution is 8.26. The summed E-state index contributed by atoms with van der Waals surface area (Å²) in [6, 6.07) is 2.53. The van der Waals surface area contributed by atoms with Crippen LogP contribution in [0.15, 0.2) is 17.0 Å². The van der Waals surface area contributed by atoms with Crippen molar-refractivity contribution in [1.82, 2.24) is 4.90 Å². The van der Waals surface area contributed by atoms with E-state index in [1.165, 1.54) is 24.2 Å². The third-order valence-corrected chi connectivity index (χ3v) is 5.27. The fourth-order valence-electron chi connectivity index (χ4n) is 2.51. The van der Waals surface area contributed by atoms with E-state index in [2.05, 4.69) is 0 Å². The van der Waals surface area contributed by atoms with E-state index in [4.69, 9.17) is 21.7 Å². The van der Waals surface area contributed by atoms with Crippen molar-refractivity contribution in [2.75, 3.05) is 20.3 Å². The Morgan fingerprint density at radius 1 is 1.45 bits per heavy atom. The van der Waals surface area contributed by atoms with E-state index in [0.29, 0.717) is 22.9 Å². The van der Waals surface area contributed by atoms with E-state index >= 15 is 0 Å². The number of methoxy groups -OCH3 is 1. The highest BCUT2D eigenvalue weighted by Crippen LogP contribution is 2.39. The quantitative estimate of drug-likeness (QED) is 0.203. The van der Waals surface area contributed by atoms with Gasteiger partial charge in [0.05, 0.1) is 23.5 Å². The molecule has 1 aromatic carbocycles. The molecule has 156 valence electrons. The van der Waals surface area contributed by atoms with Crippen LogP contribution in [0.25, 0.3) is 6.08 Å². The van der Waals surface area contributed by atoms with Crippen molar-refractivity contribution in [3.8, 4) is 11.5 Å². The van der Waals surface area contributed by atoms with Crippen LogP contribution in [-0.2, 0) is 14.3 Å². The molecule has 2 rings (SSSR count). The van der Waals surface area contributed by atoms with Gasteiger partial charge in [0, 0.05) is 19.0 Å². The second kappa shape index (κ2) is 10.2. The van der Waals surface area contributed by atoms with Crippen LogP contribution in [0, 0.1) is 10.1 Å². The minimum atomic E-state index is -0.738. The predicted octanol–water partition coefficient (Wildman–Crippen LogP) is 3.24. The molecule has 29 heavy (non-hydrogen) atoms. The van der Waals surface area contributed by atoms with Crippen LogP contribution in [0.5, 0.6) is 11.5 Å². The number of benzene rings is 1. The summed E-state index contributed by atoms with van der Waals surface area (Å²) in [5.41, 5.74) is -0.216. The number of aromatic hydroxyl groups is 1. The largest absolute Gasteiger partial charge is 0.500 e. The maximum atomic E-state index is 12.6. The highest BCUT2D eigenvalue weighted by atomic mass is 32.2. The Bertz CT molecular complexity index is 870. The van der Waals surface area contributed by atoms with E-state index < -0.39 is 16.4 Å². The van der Waals surface area contributed by atoms with Gasteiger partial charge in [-0.25, -0.2) is 0 Å². The molecule has 9 nitrogen and oxygen atoms in total. The molecule has 0 spiro atoms. The second-order valence-corrected chi connectivity index (χ2v) is 7.68. The number of phenols is 1. The standard InChI is InChI=1S/C18H20N2O7S2/c1-3-7-27-15(21)5-4-6-19-17(23)14(29-18(19)28)10-11-8-12(20(24)25)16(22)13(9-11)26-2/h8-10,22H,3-7H2,1-2H3/b14-10-. The van der Waals surface area contributed by atoms with Gasteiger partial charge in [0.15, 0.2) is 5.75 Å². The first kappa shape index (κ1) is 22.6. The molecule has 1 aliphatic rings. The lowest BCUT2D eigenvalue weighted by atomic mass is 10.1. The van der Waals surface area contributed by atoms with Crippen molar-refractivity contribution in [2.24, 2.45) is 0 Å². The molecule has 1 N–H and O–H groups in total. The topological polar surface area (TPSA) is 119 Å². The molecular formula is C18H20N2O7S2. The molecule has 1 saturated heterocycles. The lowest BCUT2D eigenvalue weighted by Gasteiger charge is -2.13. The summed E-state index contributed by atoms with van der Waals surface area (Å²) >= 11 is 6.30. The summed E-state index contributed by atoms with van der Waals surface area (Å²) in [5, 5.41) is 21.0. The summed E-state index contributed by atoms with van der Waals surface area (Å²) in [4.78, 5) is 36.2. The van der Waals surface area contributed by atoms with Crippen LogP contribution in [0.4, 0.5) is 5.69 Å². The van der Waals surface area contributed by atoms with Crippen molar-refractivity contribution in [3.05, 3.63) is 32.7 Å². The third-order valence-electron chi connectivity index (χ3n) is 3.89. The molecule has 0 aliphatic carbocycles. The molecule has 1 amide bonds. The van der Waals surface area contributed by atoms with Crippen LogP contribution in [-0.4, -0.2) is 51.4 Å². The van der Waals surface area contributed by atoms with Gasteiger partial charge in [-0.05, 0) is 30.5 Å². The van der Waals surface area contributed by atoms with Gasteiger partial charge in [-0.15, -0.1) is 0 Å². The number of hydrogen-bond donors (Lipinski definition) is 1. The van der Waals surface area contributed by atoms with Crippen molar-refractivity contribution in [3.63, 3.8) is 0 Å². The molecule has 1 aromatic rings. The molecule has 1 fully saturated rings. The van der Waals surface area contributed by atoms with Crippen LogP contribution < -0.4 is 4.74 Å². The molecule has 11 heteroatoms. The zero-order valence-electron chi connectivity index (χ0n) is 15.9. The van der Waals surface area contributed by atoms with E-state index in [1.54, 1.807) is 0 Å². The number of esters is 1. The fourth-order valence-corrected chi connectivity index (χ4v) is 3.81. The average molecular weight is 440 g/mol. The number of thioether (sulfide) groups is 1. The summed E-state index contributed by atoms with van der Waals surface area (Å²) < 4.78 is 10.3. The zero-order chi connectivity index (χ0) is 21.6. The molecule has 1 heterocycles. The Kier molecular flexibility index (Phi) is 7.97. The predicted molar refractivity (Wildman–Crippen MR) is 112 cm³/mol. The first-order valence-corrected chi connectivity index (χ1v) is 9.97. The molecule has 0 unspecified atom stereocenters. The number of ether oxygens (including phenoxy) is 2. The van der Waals surface area contributed by atoms with E-state index in [9.17, 15) is 24.8 Å². The van der Waals surface area contributed by atoms with Gasteiger partial charge < -0.3 is 14.6 Å². The second-order valence-electron chi connectivity index (χ2n) is 6.01. The van der Waals surface area contributed by atoms with Crippen LogP contribution in [0.3, 0.4) is 0 Å². The van der Waals surface area contributed by atoms with Gasteiger partial charge in [0.25, 0.3) is 5.91 Å². The van der Waals surface area contributed by atoms with Crippen molar-refractivity contribution >= 4 is 51.9 Å². The number of hydrogen-bond acceptors (Lipinski definition) is 9. The lowest BCUT2D eigenvalue weighted by molar-refractivity contribution is -0.386. The normalized spacial score (nSPS) is 15.1. The van der Waals surface area contributed by atoms with Gasteiger partial charge in [-0.3, -0.25) is 24.6 Å². The van der Waals surface area contributed by atoms with Gasteiger partial charge in [0.1, 0.15) is 4.32 Å². The number of nitro groups is 1. The monoisotopic (exact) mass is 440 g/mol. The maximum Gasteiger partial charge on any atom is 0.315 e.